The molecule has 0 radical (unpaired) electrons. The molecule has 25 heavy (non-hydrogen) atoms. The Hall–Kier alpha value is -1.77. The van der Waals surface area contributed by atoms with E-state index >= 15 is 0 Å². The van der Waals surface area contributed by atoms with E-state index in [2.05, 4.69) is 25.1 Å². The van der Waals surface area contributed by atoms with Crippen LogP contribution >= 0.6 is 0 Å². The Bertz CT molecular complexity index is 579. The number of nitrogens with one attached hydrogen (secondary N) is 2. The highest BCUT2D eigenvalue weighted by molar-refractivity contribution is 5.72. The summed E-state index contributed by atoms with van der Waals surface area (Å²) in [6, 6.07) is 0.138. The molecule has 0 aliphatic carbocycles. The van der Waals surface area contributed by atoms with Crippen LogP contribution in [-0.4, -0.2) is 71.1 Å². The van der Waals surface area contributed by atoms with E-state index in [0.717, 1.165) is 64.1 Å². The number of aliphatic carboxylic acids is 1. The van der Waals surface area contributed by atoms with Crippen LogP contribution in [0.25, 0.3) is 0 Å². The van der Waals surface area contributed by atoms with Crippen LogP contribution < -0.4 is 10.6 Å². The van der Waals surface area contributed by atoms with Gasteiger partial charge in [-0.15, -0.1) is 0 Å². The second kappa shape index (κ2) is 8.55. The summed E-state index contributed by atoms with van der Waals surface area (Å²) in [6.45, 7) is 5.24. The van der Waals surface area contributed by atoms with Gasteiger partial charge in [0.1, 0.15) is 6.29 Å². The van der Waals surface area contributed by atoms with E-state index in [0.29, 0.717) is 6.04 Å². The Morgan fingerprint density at radius 2 is 1.96 bits per heavy atom. The summed E-state index contributed by atoms with van der Waals surface area (Å²) in [5.41, 5.74) is 0.804. The minimum absolute atomic E-state index is 0.168. The third-order valence-electron chi connectivity index (χ3n) is 5.19. The molecule has 3 rings (SSSR count). The molecule has 0 bridgehead atoms. The Balaban J connectivity index is 1.83. The first-order chi connectivity index (χ1) is 12.2. The average molecular weight is 349 g/mol. The molecule has 8 nitrogen and oxygen atoms in total. The maximum atomic E-state index is 11.7. The second-order valence-electron chi connectivity index (χ2n) is 6.86. The minimum atomic E-state index is -0.949. The molecule has 2 aliphatic rings. The fourth-order valence-electron chi connectivity index (χ4n) is 3.88. The van der Waals surface area contributed by atoms with Gasteiger partial charge in [0.25, 0.3) is 0 Å². The predicted molar refractivity (Wildman–Crippen MR) is 92.4 cm³/mol. The topological polar surface area (TPSA) is 99.5 Å². The molecular formula is C17H27N5O3. The first kappa shape index (κ1) is 18.0. The van der Waals surface area contributed by atoms with Crippen LogP contribution in [-0.2, 0) is 9.59 Å². The first-order valence-corrected chi connectivity index (χ1v) is 9.05. The third kappa shape index (κ3) is 4.45. The quantitative estimate of drug-likeness (QED) is 0.598. The van der Waals surface area contributed by atoms with Gasteiger partial charge in [0, 0.05) is 44.3 Å². The molecule has 0 aromatic carbocycles. The van der Waals surface area contributed by atoms with E-state index in [4.69, 9.17) is 0 Å². The molecule has 2 aliphatic heterocycles. The molecule has 0 saturated carbocycles. The van der Waals surface area contributed by atoms with Gasteiger partial charge in [-0.05, 0) is 25.9 Å². The number of piperazine rings is 1. The lowest BCUT2D eigenvalue weighted by Gasteiger charge is -2.36. The fraction of sp³-hybridized carbons (Fsp3) is 0.706. The average Bonchev–Trinajstić information content (AvgIpc) is 3.12. The predicted octanol–water partition coefficient (Wildman–Crippen LogP) is 0.0437. The van der Waals surface area contributed by atoms with Crippen molar-refractivity contribution in [2.45, 2.75) is 31.3 Å². The van der Waals surface area contributed by atoms with Crippen molar-refractivity contribution in [2.75, 3.05) is 39.3 Å². The third-order valence-corrected chi connectivity index (χ3v) is 5.19. The molecule has 2 atom stereocenters. The number of hydrogen-bond donors (Lipinski definition) is 3. The SMILES string of the molecule is O=CC(CC(=O)O)C(c1cn(C2CCNCC2)cn1)N1CCNCC1. The number of carboxylic acids is 1. The summed E-state index contributed by atoms with van der Waals surface area (Å²) in [5, 5.41) is 15.8. The van der Waals surface area contributed by atoms with E-state index in [1.165, 1.54) is 0 Å². The Morgan fingerprint density at radius 3 is 2.60 bits per heavy atom. The van der Waals surface area contributed by atoms with Gasteiger partial charge in [-0.3, -0.25) is 9.69 Å². The highest BCUT2D eigenvalue weighted by atomic mass is 16.4. The lowest BCUT2D eigenvalue weighted by atomic mass is 9.93. The number of carbonyl (C=O) groups is 2. The van der Waals surface area contributed by atoms with Crippen LogP contribution in [0.1, 0.15) is 37.0 Å². The van der Waals surface area contributed by atoms with Gasteiger partial charge in [0.05, 0.1) is 24.5 Å². The van der Waals surface area contributed by atoms with Gasteiger partial charge in [0.15, 0.2) is 0 Å². The van der Waals surface area contributed by atoms with Gasteiger partial charge in [0.2, 0.25) is 0 Å². The van der Waals surface area contributed by atoms with Gasteiger partial charge in [-0.1, -0.05) is 0 Å². The highest BCUT2D eigenvalue weighted by Gasteiger charge is 2.33. The van der Waals surface area contributed by atoms with E-state index in [1.54, 1.807) is 0 Å². The Morgan fingerprint density at radius 1 is 1.28 bits per heavy atom. The van der Waals surface area contributed by atoms with Crippen molar-refractivity contribution in [1.29, 1.82) is 0 Å². The molecular weight excluding hydrogens is 322 g/mol. The van der Waals surface area contributed by atoms with Crippen LogP contribution in [0.2, 0.25) is 0 Å². The molecule has 0 amide bonds. The number of imidazole rings is 1. The number of carbonyl (C=O) groups excluding carboxylic acids is 1. The lowest BCUT2D eigenvalue weighted by Crippen LogP contribution is -2.47. The Labute approximate surface area is 147 Å². The molecule has 2 unspecified atom stereocenters. The molecule has 1 aromatic rings. The maximum absolute atomic E-state index is 11.7. The van der Waals surface area contributed by atoms with Crippen molar-refractivity contribution < 1.29 is 14.7 Å². The van der Waals surface area contributed by atoms with Gasteiger partial charge < -0.3 is 25.1 Å². The highest BCUT2D eigenvalue weighted by Crippen LogP contribution is 2.30. The van der Waals surface area contributed by atoms with Crippen molar-refractivity contribution in [3.8, 4) is 0 Å². The van der Waals surface area contributed by atoms with Crippen LogP contribution in [0.4, 0.5) is 0 Å². The molecule has 3 heterocycles. The number of piperidine rings is 1. The summed E-state index contributed by atoms with van der Waals surface area (Å²) in [5.74, 6) is -1.54. The van der Waals surface area contributed by atoms with E-state index in [-0.39, 0.29) is 12.5 Å². The number of rotatable bonds is 7. The fourth-order valence-corrected chi connectivity index (χ4v) is 3.88. The van der Waals surface area contributed by atoms with Gasteiger partial charge in [-0.25, -0.2) is 4.98 Å². The van der Waals surface area contributed by atoms with Crippen molar-refractivity contribution in [3.05, 3.63) is 18.2 Å². The minimum Gasteiger partial charge on any atom is -0.481 e. The number of hydrogen-bond acceptors (Lipinski definition) is 6. The smallest absolute Gasteiger partial charge is 0.304 e. The summed E-state index contributed by atoms with van der Waals surface area (Å²) < 4.78 is 2.13. The maximum Gasteiger partial charge on any atom is 0.304 e. The molecule has 8 heteroatoms. The number of aromatic nitrogens is 2. The molecule has 2 saturated heterocycles. The van der Waals surface area contributed by atoms with E-state index in [9.17, 15) is 14.7 Å². The number of carboxylic acid groups (broad SMARTS) is 1. The number of aldehydes is 1. The zero-order valence-corrected chi connectivity index (χ0v) is 14.4. The zero-order chi connectivity index (χ0) is 17.6. The molecule has 2 fully saturated rings. The van der Waals surface area contributed by atoms with E-state index in [1.807, 2.05) is 12.5 Å². The normalized spacial score (nSPS) is 22.4. The van der Waals surface area contributed by atoms with E-state index < -0.39 is 11.9 Å². The van der Waals surface area contributed by atoms with Crippen LogP contribution in [0.15, 0.2) is 12.5 Å². The summed E-state index contributed by atoms with van der Waals surface area (Å²) in [7, 11) is 0. The summed E-state index contributed by atoms with van der Waals surface area (Å²) in [4.78, 5) is 29.6. The monoisotopic (exact) mass is 349 g/mol. The zero-order valence-electron chi connectivity index (χ0n) is 14.4. The van der Waals surface area contributed by atoms with Crippen molar-refractivity contribution in [2.24, 2.45) is 5.92 Å². The Kier molecular flexibility index (Phi) is 6.17. The molecule has 1 aromatic heterocycles. The lowest BCUT2D eigenvalue weighted by molar-refractivity contribution is -0.140. The number of nitrogens with zero attached hydrogens (tertiary/aromatic N) is 3. The second-order valence-corrected chi connectivity index (χ2v) is 6.86. The van der Waals surface area contributed by atoms with Crippen LogP contribution in [0.3, 0.4) is 0 Å². The molecule has 0 spiro atoms. The summed E-state index contributed by atoms with van der Waals surface area (Å²) >= 11 is 0. The van der Waals surface area contributed by atoms with Gasteiger partial charge >= 0.3 is 5.97 Å². The van der Waals surface area contributed by atoms with Crippen molar-refractivity contribution >= 4 is 12.3 Å². The standard InChI is InChI=1S/C17H27N5O3/c23-11-13(9-16(24)25)17(21-7-5-19-6-8-21)15-10-22(12-20-15)14-1-3-18-4-2-14/h10-14,17-19H,1-9H2,(H,24,25). The van der Waals surface area contributed by atoms with Crippen LogP contribution in [0, 0.1) is 5.92 Å². The largest absolute Gasteiger partial charge is 0.481 e. The molecule has 3 N–H and O–H groups in total. The van der Waals surface area contributed by atoms with Crippen LogP contribution in [0.5, 0.6) is 0 Å². The van der Waals surface area contributed by atoms with Crippen molar-refractivity contribution in [3.63, 3.8) is 0 Å². The van der Waals surface area contributed by atoms with Crippen molar-refractivity contribution in [1.82, 2.24) is 25.1 Å². The first-order valence-electron chi connectivity index (χ1n) is 9.05. The van der Waals surface area contributed by atoms with Gasteiger partial charge in [-0.2, -0.15) is 0 Å². The summed E-state index contributed by atoms with van der Waals surface area (Å²) in [6.07, 6.45) is 6.58. The molecule has 138 valence electrons.